The van der Waals surface area contributed by atoms with Crippen molar-refractivity contribution in [2.45, 2.75) is 46.6 Å². The lowest BCUT2D eigenvalue weighted by atomic mass is 10.1. The largest absolute Gasteiger partial charge is 0.338 e. The third-order valence-electron chi connectivity index (χ3n) is 5.19. The van der Waals surface area contributed by atoms with E-state index in [1.165, 1.54) is 0 Å². The third kappa shape index (κ3) is 6.54. The lowest BCUT2D eigenvalue weighted by Crippen LogP contribution is -2.47. The molecule has 0 spiro atoms. The van der Waals surface area contributed by atoms with E-state index in [2.05, 4.69) is 5.32 Å². The minimum absolute atomic E-state index is 0.0366. The van der Waals surface area contributed by atoms with Crippen molar-refractivity contribution in [2.75, 3.05) is 43.5 Å². The fraction of sp³-hybridized carbons (Fsp3) is 0.619. The van der Waals surface area contributed by atoms with Crippen molar-refractivity contribution < 1.29 is 18.0 Å². The smallest absolute Gasteiger partial charge is 0.238 e. The predicted molar refractivity (Wildman–Crippen MR) is 116 cm³/mol. The molecule has 1 aliphatic heterocycles. The van der Waals surface area contributed by atoms with Gasteiger partial charge in [0.05, 0.1) is 24.6 Å². The van der Waals surface area contributed by atoms with Crippen LogP contribution in [0.25, 0.3) is 0 Å². The van der Waals surface area contributed by atoms with E-state index in [4.69, 9.17) is 0 Å². The molecule has 1 aliphatic rings. The average molecular weight is 424 g/mol. The van der Waals surface area contributed by atoms with Crippen molar-refractivity contribution in [2.24, 2.45) is 0 Å². The molecule has 1 N–H and O–H groups in total. The lowest BCUT2D eigenvalue weighted by molar-refractivity contribution is -0.134. The maximum Gasteiger partial charge on any atom is 0.238 e. The summed E-state index contributed by atoms with van der Waals surface area (Å²) in [5, 5.41) is 2.95. The first-order chi connectivity index (χ1) is 13.5. The van der Waals surface area contributed by atoms with Crippen LogP contribution < -0.4 is 5.32 Å². The summed E-state index contributed by atoms with van der Waals surface area (Å²) < 4.78 is 23.6. The van der Waals surface area contributed by atoms with Crippen molar-refractivity contribution in [3.8, 4) is 0 Å². The van der Waals surface area contributed by atoms with Crippen molar-refractivity contribution in [3.05, 3.63) is 28.8 Å². The number of aryl methyl sites for hydroxylation is 3. The summed E-state index contributed by atoms with van der Waals surface area (Å²) in [6.45, 7) is 8.59. The number of carbonyl (C=O) groups is 2. The second kappa shape index (κ2) is 9.71. The van der Waals surface area contributed by atoms with Gasteiger partial charge in [0.25, 0.3) is 0 Å². The molecule has 2 rings (SSSR count). The van der Waals surface area contributed by atoms with Gasteiger partial charge in [0.15, 0.2) is 9.84 Å². The average Bonchev–Trinajstić information content (AvgIpc) is 2.95. The Balaban J connectivity index is 1.95. The molecular formula is C21H33N3O4S. The summed E-state index contributed by atoms with van der Waals surface area (Å²) in [6.07, 6.45) is 1.25. The van der Waals surface area contributed by atoms with Gasteiger partial charge in [-0.15, -0.1) is 0 Å². The highest BCUT2D eigenvalue weighted by Crippen LogP contribution is 2.22. The van der Waals surface area contributed by atoms with Crippen LogP contribution in [0.2, 0.25) is 0 Å². The maximum absolute atomic E-state index is 12.8. The van der Waals surface area contributed by atoms with Gasteiger partial charge in [-0.3, -0.25) is 14.5 Å². The zero-order chi connectivity index (χ0) is 21.8. The van der Waals surface area contributed by atoms with Crippen LogP contribution in [0, 0.1) is 20.8 Å². The fourth-order valence-electron chi connectivity index (χ4n) is 3.95. The highest BCUT2D eigenvalue weighted by atomic mass is 32.2. The maximum atomic E-state index is 12.8. The van der Waals surface area contributed by atoms with Gasteiger partial charge in [0.1, 0.15) is 0 Å². The minimum atomic E-state index is -3.06. The molecule has 0 aromatic heterocycles. The van der Waals surface area contributed by atoms with Gasteiger partial charge >= 0.3 is 0 Å². The highest BCUT2D eigenvalue weighted by molar-refractivity contribution is 7.91. The molecule has 0 aliphatic carbocycles. The lowest BCUT2D eigenvalue weighted by Gasteiger charge is -2.29. The Labute approximate surface area is 174 Å². The first-order valence-corrected chi connectivity index (χ1v) is 11.9. The number of likely N-dealkylation sites (N-methyl/N-ethyl adjacent to an activating group) is 1. The van der Waals surface area contributed by atoms with Gasteiger partial charge in [0, 0.05) is 18.3 Å². The number of sulfone groups is 1. The van der Waals surface area contributed by atoms with Gasteiger partial charge in [0.2, 0.25) is 11.8 Å². The summed E-state index contributed by atoms with van der Waals surface area (Å²) >= 11 is 0. The monoisotopic (exact) mass is 423 g/mol. The number of benzene rings is 1. The van der Waals surface area contributed by atoms with Crippen LogP contribution in [0.15, 0.2) is 12.1 Å². The van der Waals surface area contributed by atoms with E-state index in [0.717, 1.165) is 28.8 Å². The third-order valence-corrected chi connectivity index (χ3v) is 6.94. The van der Waals surface area contributed by atoms with Crippen LogP contribution >= 0.6 is 0 Å². The van der Waals surface area contributed by atoms with Crippen molar-refractivity contribution >= 4 is 27.3 Å². The number of amides is 2. The molecule has 1 atom stereocenters. The molecule has 1 aromatic rings. The van der Waals surface area contributed by atoms with E-state index in [9.17, 15) is 18.0 Å². The van der Waals surface area contributed by atoms with Gasteiger partial charge in [-0.25, -0.2) is 8.42 Å². The molecule has 0 radical (unpaired) electrons. The number of rotatable bonds is 8. The van der Waals surface area contributed by atoms with Gasteiger partial charge in [-0.1, -0.05) is 24.6 Å². The van der Waals surface area contributed by atoms with Crippen molar-refractivity contribution in [1.82, 2.24) is 9.80 Å². The number of hydrogen-bond acceptors (Lipinski definition) is 5. The number of nitrogens with one attached hydrogen (secondary N) is 1. The van der Waals surface area contributed by atoms with Gasteiger partial charge < -0.3 is 10.2 Å². The number of nitrogens with zero attached hydrogens (tertiary/aromatic N) is 2. The van der Waals surface area contributed by atoms with E-state index in [1.54, 1.807) is 16.8 Å². The van der Waals surface area contributed by atoms with Crippen molar-refractivity contribution in [1.29, 1.82) is 0 Å². The van der Waals surface area contributed by atoms with Crippen LogP contribution in [0.5, 0.6) is 0 Å². The quantitative estimate of drug-likeness (QED) is 0.690. The minimum Gasteiger partial charge on any atom is -0.338 e. The SMILES string of the molecule is CCCN(C(=O)CN(C)CC(=O)Nc1c(C)cc(C)cc1C)[C@@H]1CCS(=O)(=O)C1. The fourth-order valence-corrected chi connectivity index (χ4v) is 5.68. The van der Waals surface area contributed by atoms with Crippen LogP contribution in [0.1, 0.15) is 36.5 Å². The summed E-state index contributed by atoms with van der Waals surface area (Å²) in [6, 6.07) is 3.79. The molecule has 2 amide bonds. The summed E-state index contributed by atoms with van der Waals surface area (Å²) in [4.78, 5) is 28.6. The Bertz CT molecular complexity index is 844. The summed E-state index contributed by atoms with van der Waals surface area (Å²) in [5.41, 5.74) is 3.96. The van der Waals surface area contributed by atoms with Crippen molar-refractivity contribution in [3.63, 3.8) is 0 Å². The Morgan fingerprint density at radius 1 is 1.14 bits per heavy atom. The first-order valence-electron chi connectivity index (χ1n) is 10.1. The molecule has 1 saturated heterocycles. The van der Waals surface area contributed by atoms with Crippen LogP contribution in [0.3, 0.4) is 0 Å². The van der Waals surface area contributed by atoms with Gasteiger partial charge in [-0.2, -0.15) is 0 Å². The predicted octanol–water partition coefficient (Wildman–Crippen LogP) is 1.91. The molecule has 0 bridgehead atoms. The Kier molecular flexibility index (Phi) is 7.82. The van der Waals surface area contributed by atoms with Crippen LogP contribution in [-0.2, 0) is 19.4 Å². The molecule has 8 heteroatoms. The molecule has 0 unspecified atom stereocenters. The number of hydrogen-bond donors (Lipinski definition) is 1. The Hall–Kier alpha value is -1.93. The van der Waals surface area contributed by atoms with E-state index in [1.807, 2.05) is 39.8 Å². The van der Waals surface area contributed by atoms with E-state index in [-0.39, 0.29) is 42.5 Å². The molecule has 0 saturated carbocycles. The van der Waals surface area contributed by atoms with Crippen LogP contribution in [-0.4, -0.2) is 74.3 Å². The summed E-state index contributed by atoms with van der Waals surface area (Å²) in [7, 11) is -1.33. The Morgan fingerprint density at radius 3 is 2.28 bits per heavy atom. The van der Waals surface area contributed by atoms with E-state index < -0.39 is 9.84 Å². The first kappa shape index (κ1) is 23.3. The molecule has 1 fully saturated rings. The van der Waals surface area contributed by atoms with E-state index in [0.29, 0.717) is 13.0 Å². The standard InChI is InChI=1S/C21H33N3O4S/c1-6-8-24(18-7-9-29(27,28)14-18)20(26)13-23(5)12-19(25)22-21-16(3)10-15(2)11-17(21)4/h10-11,18H,6-9,12-14H2,1-5H3,(H,22,25)/t18-/m1/s1. The molecule has 1 heterocycles. The zero-order valence-electron chi connectivity index (χ0n) is 18.1. The molecule has 162 valence electrons. The molecule has 29 heavy (non-hydrogen) atoms. The second-order valence-electron chi connectivity index (χ2n) is 8.14. The number of carbonyl (C=O) groups excluding carboxylic acids is 2. The summed E-state index contributed by atoms with van der Waals surface area (Å²) in [5.74, 6) is -0.138. The van der Waals surface area contributed by atoms with Crippen LogP contribution in [0.4, 0.5) is 5.69 Å². The van der Waals surface area contributed by atoms with Gasteiger partial charge in [-0.05, 0) is 51.8 Å². The highest BCUT2D eigenvalue weighted by Gasteiger charge is 2.34. The number of anilines is 1. The second-order valence-corrected chi connectivity index (χ2v) is 10.4. The Morgan fingerprint density at radius 2 is 1.76 bits per heavy atom. The molecule has 7 nitrogen and oxygen atoms in total. The molecular weight excluding hydrogens is 390 g/mol. The zero-order valence-corrected chi connectivity index (χ0v) is 18.9. The van der Waals surface area contributed by atoms with E-state index >= 15 is 0 Å². The topological polar surface area (TPSA) is 86.8 Å². The molecule has 1 aromatic carbocycles. The normalized spacial score (nSPS) is 18.1.